The Morgan fingerprint density at radius 2 is 1.91 bits per heavy atom. The van der Waals surface area contributed by atoms with Crippen molar-refractivity contribution in [3.63, 3.8) is 0 Å². The SMILES string of the molecule is Cc1ccc(N)cc1C(=O)N1CCN(c2ccc(Cl)cn2)CC1. The lowest BCUT2D eigenvalue weighted by Gasteiger charge is -2.35. The van der Waals surface area contributed by atoms with Gasteiger partial charge in [-0.25, -0.2) is 4.98 Å². The molecule has 0 bridgehead atoms. The lowest BCUT2D eigenvalue weighted by atomic mass is 10.1. The monoisotopic (exact) mass is 330 g/mol. The van der Waals surface area contributed by atoms with Crippen LogP contribution >= 0.6 is 11.6 Å². The van der Waals surface area contributed by atoms with Gasteiger partial charge in [-0.3, -0.25) is 4.79 Å². The van der Waals surface area contributed by atoms with Crippen molar-refractivity contribution < 1.29 is 4.79 Å². The zero-order valence-corrected chi connectivity index (χ0v) is 13.8. The summed E-state index contributed by atoms with van der Waals surface area (Å²) in [6.07, 6.45) is 1.64. The van der Waals surface area contributed by atoms with Crippen LogP contribution in [0, 0.1) is 6.92 Å². The molecule has 1 aliphatic heterocycles. The number of hydrogen-bond acceptors (Lipinski definition) is 4. The van der Waals surface area contributed by atoms with Gasteiger partial charge in [0.1, 0.15) is 5.82 Å². The Morgan fingerprint density at radius 1 is 1.17 bits per heavy atom. The van der Waals surface area contributed by atoms with E-state index < -0.39 is 0 Å². The van der Waals surface area contributed by atoms with Gasteiger partial charge in [-0.1, -0.05) is 17.7 Å². The molecule has 6 heteroatoms. The molecule has 120 valence electrons. The van der Waals surface area contributed by atoms with Crippen LogP contribution in [0.4, 0.5) is 11.5 Å². The third kappa shape index (κ3) is 3.40. The van der Waals surface area contributed by atoms with Crippen molar-refractivity contribution >= 4 is 29.0 Å². The van der Waals surface area contributed by atoms with Gasteiger partial charge < -0.3 is 15.5 Å². The fourth-order valence-electron chi connectivity index (χ4n) is 2.73. The number of amides is 1. The van der Waals surface area contributed by atoms with E-state index in [1.807, 2.05) is 36.1 Å². The molecule has 0 atom stereocenters. The van der Waals surface area contributed by atoms with E-state index in [2.05, 4.69) is 9.88 Å². The van der Waals surface area contributed by atoms with Crippen LogP contribution < -0.4 is 10.6 Å². The van der Waals surface area contributed by atoms with Gasteiger partial charge in [0.2, 0.25) is 0 Å². The molecular weight excluding hydrogens is 312 g/mol. The van der Waals surface area contributed by atoms with Crippen LogP contribution in [0.25, 0.3) is 0 Å². The van der Waals surface area contributed by atoms with Gasteiger partial charge >= 0.3 is 0 Å². The first-order chi connectivity index (χ1) is 11.0. The summed E-state index contributed by atoms with van der Waals surface area (Å²) in [4.78, 5) is 21.0. The number of nitrogen functional groups attached to an aromatic ring is 1. The number of aryl methyl sites for hydroxylation is 1. The van der Waals surface area contributed by atoms with Gasteiger partial charge in [-0.05, 0) is 36.8 Å². The van der Waals surface area contributed by atoms with Gasteiger partial charge in [0.25, 0.3) is 5.91 Å². The van der Waals surface area contributed by atoms with E-state index in [1.165, 1.54) is 0 Å². The zero-order valence-electron chi connectivity index (χ0n) is 13.0. The number of benzene rings is 1. The maximum Gasteiger partial charge on any atom is 0.254 e. The van der Waals surface area contributed by atoms with E-state index in [1.54, 1.807) is 12.3 Å². The van der Waals surface area contributed by atoms with Crippen molar-refractivity contribution in [1.82, 2.24) is 9.88 Å². The van der Waals surface area contributed by atoms with Crippen molar-refractivity contribution in [2.24, 2.45) is 0 Å². The Bertz CT molecular complexity index is 709. The average molecular weight is 331 g/mol. The molecule has 5 nitrogen and oxygen atoms in total. The van der Waals surface area contributed by atoms with Crippen LogP contribution in [0.15, 0.2) is 36.5 Å². The Hall–Kier alpha value is -2.27. The predicted molar refractivity (Wildman–Crippen MR) is 93.0 cm³/mol. The lowest BCUT2D eigenvalue weighted by Crippen LogP contribution is -2.49. The number of carbonyl (C=O) groups is 1. The van der Waals surface area contributed by atoms with Crippen molar-refractivity contribution in [3.8, 4) is 0 Å². The van der Waals surface area contributed by atoms with E-state index >= 15 is 0 Å². The van der Waals surface area contributed by atoms with Crippen molar-refractivity contribution in [3.05, 3.63) is 52.7 Å². The number of nitrogens with two attached hydrogens (primary N) is 1. The minimum Gasteiger partial charge on any atom is -0.399 e. The highest BCUT2D eigenvalue weighted by Gasteiger charge is 2.23. The highest BCUT2D eigenvalue weighted by atomic mass is 35.5. The standard InChI is InChI=1S/C17H19ClN4O/c1-12-2-4-14(19)10-15(12)17(23)22-8-6-21(7-9-22)16-5-3-13(18)11-20-16/h2-5,10-11H,6-9,19H2,1H3. The molecule has 2 N–H and O–H groups in total. The quantitative estimate of drug-likeness (QED) is 0.860. The summed E-state index contributed by atoms with van der Waals surface area (Å²) in [5.41, 5.74) is 8.05. The average Bonchev–Trinajstić information content (AvgIpc) is 2.57. The van der Waals surface area contributed by atoms with E-state index in [4.69, 9.17) is 17.3 Å². The first-order valence-electron chi connectivity index (χ1n) is 7.56. The molecule has 3 rings (SSSR count). The van der Waals surface area contributed by atoms with Crippen molar-refractivity contribution in [2.75, 3.05) is 36.8 Å². The van der Waals surface area contributed by atoms with E-state index in [9.17, 15) is 4.79 Å². The number of carbonyl (C=O) groups excluding carboxylic acids is 1. The number of aromatic nitrogens is 1. The van der Waals surface area contributed by atoms with Gasteiger partial charge in [0.05, 0.1) is 5.02 Å². The number of rotatable bonds is 2. The number of halogens is 1. The van der Waals surface area contributed by atoms with Crippen LogP contribution in [0.2, 0.25) is 5.02 Å². The van der Waals surface area contributed by atoms with Gasteiger partial charge in [0, 0.05) is 43.6 Å². The molecule has 0 aliphatic carbocycles. The van der Waals surface area contributed by atoms with E-state index in [0.717, 1.165) is 24.5 Å². The molecule has 1 aromatic carbocycles. The van der Waals surface area contributed by atoms with Crippen molar-refractivity contribution in [2.45, 2.75) is 6.92 Å². The van der Waals surface area contributed by atoms with Crippen LogP contribution in [-0.4, -0.2) is 42.0 Å². The topological polar surface area (TPSA) is 62.5 Å². The highest BCUT2D eigenvalue weighted by Crippen LogP contribution is 2.19. The van der Waals surface area contributed by atoms with Crippen LogP contribution in [0.3, 0.4) is 0 Å². The molecule has 0 unspecified atom stereocenters. The van der Waals surface area contributed by atoms with E-state index in [0.29, 0.717) is 29.4 Å². The second kappa shape index (κ2) is 6.46. The summed E-state index contributed by atoms with van der Waals surface area (Å²) in [5, 5.41) is 0.625. The molecule has 0 radical (unpaired) electrons. The molecule has 1 amide bonds. The number of nitrogens with zero attached hydrogens (tertiary/aromatic N) is 3. The lowest BCUT2D eigenvalue weighted by molar-refractivity contribution is 0.0746. The maximum absolute atomic E-state index is 12.7. The molecule has 23 heavy (non-hydrogen) atoms. The summed E-state index contributed by atoms with van der Waals surface area (Å²) in [7, 11) is 0. The first kappa shape index (κ1) is 15.6. The summed E-state index contributed by atoms with van der Waals surface area (Å²) >= 11 is 5.87. The van der Waals surface area contributed by atoms with Crippen LogP contribution in [0.1, 0.15) is 15.9 Å². The van der Waals surface area contributed by atoms with Crippen molar-refractivity contribution in [1.29, 1.82) is 0 Å². The third-order valence-corrected chi connectivity index (χ3v) is 4.32. The Kier molecular flexibility index (Phi) is 4.39. The smallest absolute Gasteiger partial charge is 0.254 e. The summed E-state index contributed by atoms with van der Waals surface area (Å²) in [6, 6.07) is 9.19. The molecule has 2 heterocycles. The molecule has 2 aromatic rings. The number of piperazine rings is 1. The molecule has 0 spiro atoms. The fraction of sp³-hybridized carbons (Fsp3) is 0.294. The number of hydrogen-bond donors (Lipinski definition) is 1. The predicted octanol–water partition coefficient (Wildman–Crippen LogP) is 2.59. The highest BCUT2D eigenvalue weighted by molar-refractivity contribution is 6.30. The molecule has 0 saturated carbocycles. The number of pyridine rings is 1. The Labute approximate surface area is 140 Å². The fourth-order valence-corrected chi connectivity index (χ4v) is 2.85. The molecule has 1 saturated heterocycles. The zero-order chi connectivity index (χ0) is 16.4. The third-order valence-electron chi connectivity index (χ3n) is 4.09. The summed E-state index contributed by atoms with van der Waals surface area (Å²) in [6.45, 7) is 4.76. The Morgan fingerprint density at radius 3 is 2.57 bits per heavy atom. The van der Waals surface area contributed by atoms with Crippen LogP contribution in [-0.2, 0) is 0 Å². The summed E-state index contributed by atoms with van der Waals surface area (Å²) < 4.78 is 0. The molecular formula is C17H19ClN4O. The molecule has 1 aromatic heterocycles. The maximum atomic E-state index is 12.7. The summed E-state index contributed by atoms with van der Waals surface area (Å²) in [5.74, 6) is 0.931. The normalized spacial score (nSPS) is 14.9. The van der Waals surface area contributed by atoms with Gasteiger partial charge in [-0.2, -0.15) is 0 Å². The molecule has 1 fully saturated rings. The van der Waals surface area contributed by atoms with Crippen LogP contribution in [0.5, 0.6) is 0 Å². The minimum atomic E-state index is 0.0403. The van der Waals surface area contributed by atoms with Gasteiger partial charge in [0.15, 0.2) is 0 Å². The van der Waals surface area contributed by atoms with E-state index in [-0.39, 0.29) is 5.91 Å². The number of anilines is 2. The Balaban J connectivity index is 1.67. The molecule has 1 aliphatic rings. The second-order valence-electron chi connectivity index (χ2n) is 5.69. The minimum absolute atomic E-state index is 0.0403. The van der Waals surface area contributed by atoms with Gasteiger partial charge in [-0.15, -0.1) is 0 Å². The first-order valence-corrected chi connectivity index (χ1v) is 7.94. The second-order valence-corrected chi connectivity index (χ2v) is 6.12. The largest absolute Gasteiger partial charge is 0.399 e.